The van der Waals surface area contributed by atoms with Crippen molar-refractivity contribution in [1.29, 1.82) is 0 Å². The van der Waals surface area contributed by atoms with E-state index in [4.69, 9.17) is 16.3 Å². The van der Waals surface area contributed by atoms with E-state index in [1.165, 1.54) is 11.1 Å². The Morgan fingerprint density at radius 1 is 1.10 bits per heavy atom. The van der Waals surface area contributed by atoms with Crippen LogP contribution in [0.2, 0.25) is 5.02 Å². The van der Waals surface area contributed by atoms with E-state index in [2.05, 4.69) is 5.10 Å². The Bertz CT molecular complexity index is 1070. The topological polar surface area (TPSA) is 62.1 Å². The molecule has 29 heavy (non-hydrogen) atoms. The van der Waals surface area contributed by atoms with Crippen molar-refractivity contribution in [3.8, 4) is 11.5 Å². The first kappa shape index (κ1) is 19.0. The Balaban J connectivity index is 1.75. The van der Waals surface area contributed by atoms with Crippen LogP contribution in [0.4, 0.5) is 0 Å². The fourth-order valence-corrected chi connectivity index (χ4v) is 3.57. The normalized spacial score (nSPS) is 15.9. The van der Waals surface area contributed by atoms with Gasteiger partial charge in [-0.15, -0.1) is 0 Å². The Labute approximate surface area is 173 Å². The number of phenols is 1. The lowest BCUT2D eigenvalue weighted by atomic mass is 9.97. The molecule has 0 bridgehead atoms. The van der Waals surface area contributed by atoms with Crippen LogP contribution in [0.1, 0.15) is 33.9 Å². The summed E-state index contributed by atoms with van der Waals surface area (Å²) in [4.78, 5) is 13.2. The summed E-state index contributed by atoms with van der Waals surface area (Å²) >= 11 is 6.12. The molecule has 3 aromatic carbocycles. The molecule has 146 valence electrons. The maximum Gasteiger partial charge on any atom is 0.274 e. The number of halogens is 1. The van der Waals surface area contributed by atoms with E-state index >= 15 is 0 Å². The number of benzene rings is 3. The average Bonchev–Trinajstić information content (AvgIpc) is 3.20. The van der Waals surface area contributed by atoms with Gasteiger partial charge >= 0.3 is 0 Å². The second-order valence-electron chi connectivity index (χ2n) is 6.72. The molecule has 5 nitrogen and oxygen atoms in total. The zero-order valence-electron chi connectivity index (χ0n) is 15.7. The van der Waals surface area contributed by atoms with E-state index in [-0.39, 0.29) is 17.7 Å². The van der Waals surface area contributed by atoms with Crippen molar-refractivity contribution >= 4 is 23.2 Å². The summed E-state index contributed by atoms with van der Waals surface area (Å²) in [6, 6.07) is 21.1. The fraction of sp³-hybridized carbons (Fsp3) is 0.130. The lowest BCUT2D eigenvalue weighted by Crippen LogP contribution is -2.27. The number of hydrogen-bond donors (Lipinski definition) is 1. The van der Waals surface area contributed by atoms with Gasteiger partial charge in [-0.2, -0.15) is 5.10 Å². The first-order valence-corrected chi connectivity index (χ1v) is 9.53. The minimum atomic E-state index is -0.304. The van der Waals surface area contributed by atoms with E-state index in [0.717, 1.165) is 11.3 Å². The minimum Gasteiger partial charge on any atom is -0.507 e. The molecular weight excluding hydrogens is 388 g/mol. The number of methoxy groups -OCH3 is 1. The van der Waals surface area contributed by atoms with Crippen LogP contribution in [-0.2, 0) is 0 Å². The van der Waals surface area contributed by atoms with Gasteiger partial charge in [0, 0.05) is 22.6 Å². The van der Waals surface area contributed by atoms with Crippen LogP contribution >= 0.6 is 11.6 Å². The molecule has 0 saturated carbocycles. The van der Waals surface area contributed by atoms with Gasteiger partial charge in [0.25, 0.3) is 5.91 Å². The molecular formula is C23H19ClN2O3. The third-order valence-electron chi connectivity index (χ3n) is 4.91. The van der Waals surface area contributed by atoms with Gasteiger partial charge in [0.1, 0.15) is 11.5 Å². The summed E-state index contributed by atoms with van der Waals surface area (Å²) < 4.78 is 5.24. The molecule has 0 fully saturated rings. The largest absolute Gasteiger partial charge is 0.507 e. The molecule has 0 aliphatic carbocycles. The summed E-state index contributed by atoms with van der Waals surface area (Å²) in [6.07, 6.45) is 0.457. The zero-order chi connectivity index (χ0) is 20.4. The summed E-state index contributed by atoms with van der Waals surface area (Å²) in [5.74, 6) is 0.611. The SMILES string of the molecule is COc1ccc(C2CC(c3cc(Cl)ccc3O)=NN2C(=O)c2ccccc2)cc1. The molecule has 0 spiro atoms. The van der Waals surface area contributed by atoms with Gasteiger partial charge in [0.05, 0.1) is 18.9 Å². The van der Waals surface area contributed by atoms with E-state index in [9.17, 15) is 9.90 Å². The van der Waals surface area contributed by atoms with Gasteiger partial charge in [-0.3, -0.25) is 4.79 Å². The molecule has 4 rings (SSSR count). The molecule has 3 aromatic rings. The molecule has 0 saturated heterocycles. The molecule has 1 unspecified atom stereocenters. The first-order valence-electron chi connectivity index (χ1n) is 9.16. The van der Waals surface area contributed by atoms with Crippen LogP contribution in [0.5, 0.6) is 11.5 Å². The predicted octanol–water partition coefficient (Wildman–Crippen LogP) is 5.05. The van der Waals surface area contributed by atoms with Crippen molar-refractivity contribution in [1.82, 2.24) is 5.01 Å². The third-order valence-corrected chi connectivity index (χ3v) is 5.14. The molecule has 1 aliphatic heterocycles. The number of ether oxygens (including phenoxy) is 1. The van der Waals surface area contributed by atoms with E-state index < -0.39 is 0 Å². The molecule has 1 aliphatic rings. The highest BCUT2D eigenvalue weighted by molar-refractivity contribution is 6.31. The summed E-state index contributed by atoms with van der Waals surface area (Å²) in [5.41, 5.74) is 2.61. The van der Waals surface area contributed by atoms with Crippen LogP contribution in [0.25, 0.3) is 0 Å². The van der Waals surface area contributed by atoms with Gasteiger partial charge in [-0.05, 0) is 48.0 Å². The highest BCUT2D eigenvalue weighted by Crippen LogP contribution is 2.36. The van der Waals surface area contributed by atoms with E-state index in [1.54, 1.807) is 31.4 Å². The van der Waals surface area contributed by atoms with Crippen LogP contribution in [0.3, 0.4) is 0 Å². The quantitative estimate of drug-likeness (QED) is 0.659. The Kier molecular flexibility index (Phi) is 5.23. The van der Waals surface area contributed by atoms with Gasteiger partial charge in [-0.1, -0.05) is 41.9 Å². The highest BCUT2D eigenvalue weighted by Gasteiger charge is 2.34. The fourth-order valence-electron chi connectivity index (χ4n) is 3.40. The minimum absolute atomic E-state index is 0.0793. The molecule has 1 atom stereocenters. The third kappa shape index (κ3) is 3.82. The number of hydrazone groups is 1. The smallest absolute Gasteiger partial charge is 0.274 e. The highest BCUT2D eigenvalue weighted by atomic mass is 35.5. The number of carbonyl (C=O) groups excluding carboxylic acids is 1. The monoisotopic (exact) mass is 406 g/mol. The predicted molar refractivity (Wildman–Crippen MR) is 113 cm³/mol. The Hall–Kier alpha value is -3.31. The van der Waals surface area contributed by atoms with Crippen LogP contribution in [0.15, 0.2) is 77.9 Å². The summed E-state index contributed by atoms with van der Waals surface area (Å²) in [5, 5.41) is 16.9. The van der Waals surface area contributed by atoms with Gasteiger partial charge in [0.2, 0.25) is 0 Å². The van der Waals surface area contributed by atoms with E-state index in [0.29, 0.717) is 28.3 Å². The second kappa shape index (κ2) is 7.97. The van der Waals surface area contributed by atoms with Crippen molar-refractivity contribution in [2.24, 2.45) is 5.10 Å². The standard InChI is InChI=1S/C23H19ClN2O3/c1-29-18-10-7-15(8-11-18)21-14-20(19-13-17(24)9-12-22(19)27)25-26(21)23(28)16-5-3-2-4-6-16/h2-13,21,27H,14H2,1H3. The number of hydrogen-bond acceptors (Lipinski definition) is 4. The number of rotatable bonds is 4. The van der Waals surface area contributed by atoms with Crippen LogP contribution < -0.4 is 4.74 Å². The molecule has 6 heteroatoms. The zero-order valence-corrected chi connectivity index (χ0v) is 16.5. The molecule has 0 aromatic heterocycles. The maximum atomic E-state index is 13.2. The van der Waals surface area contributed by atoms with Crippen molar-refractivity contribution in [3.63, 3.8) is 0 Å². The Morgan fingerprint density at radius 2 is 1.83 bits per heavy atom. The van der Waals surface area contributed by atoms with Crippen LogP contribution in [-0.4, -0.2) is 28.8 Å². The first-order chi connectivity index (χ1) is 14.1. The van der Waals surface area contributed by atoms with Crippen molar-refractivity contribution in [3.05, 3.63) is 94.5 Å². The molecule has 1 heterocycles. The number of amides is 1. The van der Waals surface area contributed by atoms with Gasteiger partial charge in [0.15, 0.2) is 0 Å². The number of phenolic OH excluding ortho intramolecular Hbond substituents is 1. The number of nitrogens with zero attached hydrogens (tertiary/aromatic N) is 2. The average molecular weight is 407 g/mol. The van der Waals surface area contributed by atoms with Crippen molar-refractivity contribution in [2.45, 2.75) is 12.5 Å². The summed E-state index contributed by atoms with van der Waals surface area (Å²) in [6.45, 7) is 0. The van der Waals surface area contributed by atoms with Gasteiger partial charge in [-0.25, -0.2) is 5.01 Å². The molecule has 1 amide bonds. The van der Waals surface area contributed by atoms with Crippen LogP contribution in [0, 0.1) is 0 Å². The molecule has 1 N–H and O–H groups in total. The number of carbonyl (C=O) groups is 1. The summed E-state index contributed by atoms with van der Waals surface area (Å²) in [7, 11) is 1.61. The Morgan fingerprint density at radius 3 is 2.52 bits per heavy atom. The lowest BCUT2D eigenvalue weighted by Gasteiger charge is -2.22. The van der Waals surface area contributed by atoms with E-state index in [1.807, 2.05) is 42.5 Å². The maximum absolute atomic E-state index is 13.2. The van der Waals surface area contributed by atoms with Crippen molar-refractivity contribution in [2.75, 3.05) is 7.11 Å². The lowest BCUT2D eigenvalue weighted by molar-refractivity contribution is 0.0711. The van der Waals surface area contributed by atoms with Gasteiger partial charge < -0.3 is 9.84 Å². The second-order valence-corrected chi connectivity index (χ2v) is 7.15. The van der Waals surface area contributed by atoms with Crippen molar-refractivity contribution < 1.29 is 14.6 Å². The molecule has 0 radical (unpaired) electrons. The number of aromatic hydroxyl groups is 1.